The van der Waals surface area contributed by atoms with Crippen LogP contribution in [0, 0.1) is 12.7 Å². The molecular formula is C32H25F4N3O5. The second-order valence-electron chi connectivity index (χ2n) is 9.80. The molecule has 0 saturated carbocycles. The number of hydrogen-bond donors (Lipinski definition) is 0. The number of rotatable bonds is 9. The minimum absolute atomic E-state index is 0.00572. The normalized spacial score (nSPS) is 11.4. The van der Waals surface area contributed by atoms with E-state index < -0.39 is 35.3 Å². The Morgan fingerprint density at radius 1 is 0.955 bits per heavy atom. The number of pyridine rings is 3. The first-order valence-electron chi connectivity index (χ1n) is 13.2. The summed E-state index contributed by atoms with van der Waals surface area (Å²) in [6.07, 6.45) is -2.39. The highest BCUT2D eigenvalue weighted by molar-refractivity contribution is 5.98. The summed E-state index contributed by atoms with van der Waals surface area (Å²) in [4.78, 5) is 35.4. The van der Waals surface area contributed by atoms with Gasteiger partial charge in [0.25, 0.3) is 5.88 Å². The number of aromatic nitrogens is 3. The van der Waals surface area contributed by atoms with Crippen molar-refractivity contribution in [2.24, 2.45) is 0 Å². The van der Waals surface area contributed by atoms with Gasteiger partial charge >= 0.3 is 6.18 Å². The Hall–Kier alpha value is -5.26. The minimum Gasteiger partial charge on any atom is -0.491 e. The van der Waals surface area contributed by atoms with Crippen LogP contribution in [0.25, 0.3) is 22.2 Å². The van der Waals surface area contributed by atoms with E-state index in [4.69, 9.17) is 14.2 Å². The molecule has 3 heterocycles. The summed E-state index contributed by atoms with van der Waals surface area (Å²) in [6.45, 7) is -0.0518. The summed E-state index contributed by atoms with van der Waals surface area (Å²) < 4.78 is 71.0. The fraction of sp³-hybridized carbons (Fsp3) is 0.188. The Morgan fingerprint density at radius 2 is 1.66 bits per heavy atom. The van der Waals surface area contributed by atoms with Gasteiger partial charge in [-0.1, -0.05) is 24.3 Å². The second kappa shape index (κ2) is 12.2. The third-order valence-electron chi connectivity index (χ3n) is 6.87. The first-order chi connectivity index (χ1) is 21.0. The summed E-state index contributed by atoms with van der Waals surface area (Å²) >= 11 is 0. The van der Waals surface area contributed by atoms with Gasteiger partial charge in [0.05, 0.1) is 25.3 Å². The molecule has 44 heavy (non-hydrogen) atoms. The zero-order valence-corrected chi connectivity index (χ0v) is 23.7. The molecular weight excluding hydrogens is 582 g/mol. The number of carbonyl (C=O) groups is 1. The molecule has 0 atom stereocenters. The summed E-state index contributed by atoms with van der Waals surface area (Å²) in [5.74, 6) is 0.204. The number of nitrogens with zero attached hydrogens (tertiary/aromatic N) is 3. The van der Waals surface area contributed by atoms with Gasteiger partial charge < -0.3 is 18.8 Å². The average Bonchev–Trinajstić information content (AvgIpc) is 2.99. The molecule has 0 saturated heterocycles. The molecule has 0 fully saturated rings. The first kappa shape index (κ1) is 30.2. The van der Waals surface area contributed by atoms with Crippen molar-refractivity contribution in [3.05, 3.63) is 106 Å². The van der Waals surface area contributed by atoms with Crippen LogP contribution >= 0.6 is 0 Å². The summed E-state index contributed by atoms with van der Waals surface area (Å²) in [7, 11) is 2.94. The Labute approximate surface area is 248 Å². The lowest BCUT2D eigenvalue weighted by atomic mass is 9.97. The molecule has 5 aromatic rings. The molecule has 0 N–H and O–H groups in total. The number of carbonyl (C=O) groups excluding carboxylic acids is 1. The van der Waals surface area contributed by atoms with E-state index in [1.165, 1.54) is 33.3 Å². The lowest BCUT2D eigenvalue weighted by molar-refractivity contribution is -0.141. The molecule has 0 radical (unpaired) electrons. The lowest BCUT2D eigenvalue weighted by Crippen LogP contribution is -2.27. The van der Waals surface area contributed by atoms with Crippen LogP contribution in [0.15, 0.2) is 77.9 Å². The quantitative estimate of drug-likeness (QED) is 0.136. The summed E-state index contributed by atoms with van der Waals surface area (Å²) in [5.41, 5.74) is 0.405. The van der Waals surface area contributed by atoms with Gasteiger partial charge in [0.2, 0.25) is 0 Å². The van der Waals surface area contributed by atoms with Gasteiger partial charge in [0.15, 0.2) is 22.7 Å². The fourth-order valence-corrected chi connectivity index (χ4v) is 4.74. The Morgan fingerprint density at radius 3 is 2.30 bits per heavy atom. The van der Waals surface area contributed by atoms with Crippen molar-refractivity contribution >= 4 is 16.8 Å². The number of benzene rings is 2. The van der Waals surface area contributed by atoms with Gasteiger partial charge in [-0.2, -0.15) is 13.2 Å². The highest BCUT2D eigenvalue weighted by Gasteiger charge is 2.30. The van der Waals surface area contributed by atoms with Crippen LogP contribution < -0.4 is 19.6 Å². The third kappa shape index (κ3) is 6.38. The molecule has 0 spiro atoms. The Kier molecular flexibility index (Phi) is 8.34. The number of ether oxygens (including phenoxy) is 3. The Bertz CT molecular complexity index is 1900. The predicted molar refractivity (Wildman–Crippen MR) is 154 cm³/mol. The number of fused-ring (bicyclic) bond motifs is 1. The number of hydrogen-bond acceptors (Lipinski definition) is 7. The summed E-state index contributed by atoms with van der Waals surface area (Å²) in [6, 6.07) is 14.5. The molecule has 0 aliphatic heterocycles. The van der Waals surface area contributed by atoms with Crippen molar-refractivity contribution in [3.8, 4) is 34.3 Å². The maximum absolute atomic E-state index is 13.5. The number of methoxy groups -OCH3 is 2. The third-order valence-corrected chi connectivity index (χ3v) is 6.87. The monoisotopic (exact) mass is 607 g/mol. The molecule has 0 bridgehead atoms. The van der Waals surface area contributed by atoms with Crippen molar-refractivity contribution in [1.29, 1.82) is 0 Å². The van der Waals surface area contributed by atoms with Crippen molar-refractivity contribution < 1.29 is 36.6 Å². The van der Waals surface area contributed by atoms with Crippen LogP contribution in [-0.2, 0) is 13.0 Å². The molecule has 0 aliphatic carbocycles. The van der Waals surface area contributed by atoms with Crippen LogP contribution in [0.4, 0.5) is 17.6 Å². The van der Waals surface area contributed by atoms with E-state index in [0.717, 1.165) is 22.9 Å². The first-order valence-corrected chi connectivity index (χ1v) is 13.2. The van der Waals surface area contributed by atoms with Crippen LogP contribution in [0.2, 0.25) is 0 Å². The molecule has 0 amide bonds. The maximum Gasteiger partial charge on any atom is 0.406 e. The van der Waals surface area contributed by atoms with Crippen LogP contribution in [-0.4, -0.2) is 40.7 Å². The average molecular weight is 608 g/mol. The van der Waals surface area contributed by atoms with Crippen molar-refractivity contribution in [1.82, 2.24) is 14.5 Å². The van der Waals surface area contributed by atoms with Gasteiger partial charge in [0.1, 0.15) is 23.6 Å². The molecule has 0 unspecified atom stereocenters. The summed E-state index contributed by atoms with van der Waals surface area (Å²) in [5, 5.41) is 0. The second-order valence-corrected chi connectivity index (χ2v) is 9.80. The van der Waals surface area contributed by atoms with Gasteiger partial charge in [0, 0.05) is 42.2 Å². The van der Waals surface area contributed by atoms with E-state index in [2.05, 4.69) is 9.97 Å². The zero-order chi connectivity index (χ0) is 31.6. The van der Waals surface area contributed by atoms with Gasteiger partial charge in [-0.3, -0.25) is 14.6 Å². The van der Waals surface area contributed by atoms with Crippen molar-refractivity contribution in [3.63, 3.8) is 0 Å². The Balaban J connectivity index is 1.43. The SMILES string of the molecule is COc1cc2nccc(Oc3ccc(CC(=O)c4cn(CC(F)(F)F)c(C)c(-c5ccc(F)cc5)c4=O)cc3)c2nc1OC. The van der Waals surface area contributed by atoms with Crippen LogP contribution in [0.3, 0.4) is 0 Å². The molecule has 12 heteroatoms. The number of ketones is 1. The van der Waals surface area contributed by atoms with E-state index in [-0.39, 0.29) is 29.1 Å². The van der Waals surface area contributed by atoms with Crippen LogP contribution in [0.1, 0.15) is 21.6 Å². The molecule has 3 aromatic heterocycles. The molecule has 0 aliphatic rings. The van der Waals surface area contributed by atoms with E-state index in [9.17, 15) is 27.2 Å². The molecule has 8 nitrogen and oxygen atoms in total. The highest BCUT2D eigenvalue weighted by atomic mass is 19.4. The van der Waals surface area contributed by atoms with Gasteiger partial charge in [-0.25, -0.2) is 9.37 Å². The van der Waals surface area contributed by atoms with Crippen molar-refractivity contribution in [2.45, 2.75) is 26.1 Å². The van der Waals surface area contributed by atoms with Gasteiger partial charge in [-0.05, 0) is 42.3 Å². The lowest BCUT2D eigenvalue weighted by Gasteiger charge is -2.18. The number of Topliss-reactive ketones (excluding diaryl/α,β-unsaturated/α-hetero) is 1. The number of alkyl halides is 3. The zero-order valence-electron chi connectivity index (χ0n) is 23.7. The van der Waals surface area contributed by atoms with E-state index in [1.54, 1.807) is 42.6 Å². The molecule has 226 valence electrons. The smallest absolute Gasteiger partial charge is 0.406 e. The van der Waals surface area contributed by atoms with E-state index in [1.807, 2.05) is 0 Å². The van der Waals surface area contributed by atoms with E-state index in [0.29, 0.717) is 33.8 Å². The largest absolute Gasteiger partial charge is 0.491 e. The number of halogens is 4. The topological polar surface area (TPSA) is 92.5 Å². The highest BCUT2D eigenvalue weighted by Crippen LogP contribution is 2.34. The minimum atomic E-state index is -4.61. The predicted octanol–water partition coefficient (Wildman–Crippen LogP) is 6.70. The van der Waals surface area contributed by atoms with Gasteiger partial charge in [-0.15, -0.1) is 0 Å². The molecule has 2 aromatic carbocycles. The van der Waals surface area contributed by atoms with Crippen molar-refractivity contribution in [2.75, 3.05) is 14.2 Å². The van der Waals surface area contributed by atoms with Crippen LogP contribution in [0.5, 0.6) is 23.1 Å². The standard InChI is InChI=1S/C32H25F4N3O5/c1-18-28(20-6-8-21(33)9-7-20)30(41)23(16-39(18)17-32(34,35)36)25(40)14-19-4-10-22(11-5-19)44-26-12-13-37-24-15-27(42-2)31(43-3)38-29(24)26/h4-13,15-16H,14,17H2,1-3H3. The van der Waals surface area contributed by atoms with E-state index >= 15 is 0 Å². The maximum atomic E-state index is 13.5. The molecule has 5 rings (SSSR count). The fourth-order valence-electron chi connectivity index (χ4n) is 4.74.